The van der Waals surface area contributed by atoms with Gasteiger partial charge in [0.05, 0.1) is 10.0 Å². The molecule has 2 N–H and O–H groups in total. The molecule has 2 aromatic carbocycles. The molecule has 0 aliphatic heterocycles. The van der Waals surface area contributed by atoms with Gasteiger partial charge in [-0.2, -0.15) is 0 Å². The van der Waals surface area contributed by atoms with E-state index in [-0.39, 0.29) is 16.8 Å². The highest BCUT2D eigenvalue weighted by molar-refractivity contribution is 6.32. The molecule has 2 rings (SSSR count). The maximum atomic E-state index is 13.7. The summed E-state index contributed by atoms with van der Waals surface area (Å²) in [7, 11) is 0. The van der Waals surface area contributed by atoms with Crippen LogP contribution in [0.3, 0.4) is 0 Å². The molecule has 2 nitrogen and oxygen atoms in total. The molecule has 0 saturated heterocycles. The Balaban J connectivity index is 2.31. The van der Waals surface area contributed by atoms with Crippen LogP contribution < -0.4 is 10.5 Å². The predicted octanol–water partition coefficient (Wildman–Crippen LogP) is 4.94. The highest BCUT2D eigenvalue weighted by Gasteiger charge is 2.11. The van der Waals surface area contributed by atoms with E-state index in [0.717, 1.165) is 5.56 Å². The van der Waals surface area contributed by atoms with Gasteiger partial charge in [-0.25, -0.2) is 4.39 Å². The van der Waals surface area contributed by atoms with Crippen LogP contribution in [0.2, 0.25) is 10.0 Å². The quantitative estimate of drug-likeness (QED) is 0.871. The average molecular weight is 300 g/mol. The number of rotatable bonds is 3. The smallest absolute Gasteiger partial charge is 0.184 e. The minimum absolute atomic E-state index is 0.000762. The van der Waals surface area contributed by atoms with Crippen LogP contribution in [0.25, 0.3) is 0 Å². The Morgan fingerprint density at radius 2 is 1.84 bits per heavy atom. The van der Waals surface area contributed by atoms with Crippen molar-refractivity contribution in [1.82, 2.24) is 0 Å². The monoisotopic (exact) mass is 299 g/mol. The van der Waals surface area contributed by atoms with Crippen LogP contribution in [0.15, 0.2) is 36.4 Å². The van der Waals surface area contributed by atoms with Crippen LogP contribution >= 0.6 is 23.2 Å². The molecule has 0 radical (unpaired) electrons. The third-order valence-electron chi connectivity index (χ3n) is 2.62. The molecule has 1 atom stereocenters. The van der Waals surface area contributed by atoms with E-state index >= 15 is 0 Å². The van der Waals surface area contributed by atoms with Gasteiger partial charge in [-0.15, -0.1) is 0 Å². The van der Waals surface area contributed by atoms with Gasteiger partial charge in [-0.05, 0) is 36.8 Å². The molecule has 5 heteroatoms. The van der Waals surface area contributed by atoms with Crippen molar-refractivity contribution in [3.8, 4) is 11.5 Å². The van der Waals surface area contributed by atoms with E-state index in [1.54, 1.807) is 24.3 Å². The second-order valence-corrected chi connectivity index (χ2v) is 4.95. The number of hydrogen-bond donors (Lipinski definition) is 1. The van der Waals surface area contributed by atoms with Crippen LogP contribution in [-0.2, 0) is 0 Å². The minimum Gasteiger partial charge on any atom is -0.453 e. The normalized spacial score (nSPS) is 12.3. The van der Waals surface area contributed by atoms with Crippen molar-refractivity contribution < 1.29 is 9.13 Å². The van der Waals surface area contributed by atoms with Crippen LogP contribution in [0, 0.1) is 5.82 Å². The number of benzene rings is 2. The fraction of sp³-hybridized carbons (Fsp3) is 0.143. The molecule has 0 fully saturated rings. The molecular formula is C14H12Cl2FNO. The SMILES string of the molecule is C[C@@H](N)c1ccc(Oc2cccc(Cl)c2F)c(Cl)c1. The summed E-state index contributed by atoms with van der Waals surface area (Å²) >= 11 is 11.8. The van der Waals surface area contributed by atoms with E-state index in [2.05, 4.69) is 0 Å². The zero-order chi connectivity index (χ0) is 14.0. The van der Waals surface area contributed by atoms with Gasteiger partial charge >= 0.3 is 0 Å². The second-order valence-electron chi connectivity index (χ2n) is 4.13. The standard InChI is InChI=1S/C14H12Cl2FNO/c1-8(18)9-5-6-12(11(16)7-9)19-13-4-2-3-10(15)14(13)17/h2-8H,18H2,1H3/t8-/m1/s1. The van der Waals surface area contributed by atoms with E-state index in [0.29, 0.717) is 10.8 Å². The Bertz CT molecular complexity index is 602. The molecule has 0 aromatic heterocycles. The van der Waals surface area contributed by atoms with Crippen molar-refractivity contribution in [2.24, 2.45) is 5.73 Å². The molecule has 0 heterocycles. The third-order valence-corrected chi connectivity index (χ3v) is 3.21. The summed E-state index contributed by atoms with van der Waals surface area (Å²) in [5.41, 5.74) is 6.63. The molecule has 0 saturated carbocycles. The molecule has 0 spiro atoms. The summed E-state index contributed by atoms with van der Waals surface area (Å²) in [5.74, 6) is -0.230. The lowest BCUT2D eigenvalue weighted by Gasteiger charge is -2.11. The molecule has 0 unspecified atom stereocenters. The molecular weight excluding hydrogens is 288 g/mol. The molecule has 0 aliphatic carbocycles. The van der Waals surface area contributed by atoms with Gasteiger partial charge in [-0.3, -0.25) is 0 Å². The maximum absolute atomic E-state index is 13.7. The molecule has 19 heavy (non-hydrogen) atoms. The Hall–Kier alpha value is -1.29. The highest BCUT2D eigenvalue weighted by atomic mass is 35.5. The predicted molar refractivity (Wildman–Crippen MR) is 75.5 cm³/mol. The number of ether oxygens (including phenoxy) is 1. The van der Waals surface area contributed by atoms with Crippen molar-refractivity contribution in [2.75, 3.05) is 0 Å². The fourth-order valence-electron chi connectivity index (χ4n) is 1.56. The molecule has 0 aliphatic rings. The lowest BCUT2D eigenvalue weighted by Crippen LogP contribution is -2.04. The van der Waals surface area contributed by atoms with E-state index in [4.69, 9.17) is 33.7 Å². The first-order chi connectivity index (χ1) is 8.99. The topological polar surface area (TPSA) is 35.2 Å². The van der Waals surface area contributed by atoms with E-state index in [9.17, 15) is 4.39 Å². The molecule has 2 aromatic rings. The second kappa shape index (κ2) is 5.78. The zero-order valence-corrected chi connectivity index (χ0v) is 11.7. The van der Waals surface area contributed by atoms with Crippen molar-refractivity contribution in [2.45, 2.75) is 13.0 Å². The summed E-state index contributed by atoms with van der Waals surface area (Å²) < 4.78 is 19.1. The summed E-state index contributed by atoms with van der Waals surface area (Å²) in [6, 6.07) is 9.54. The fourth-order valence-corrected chi connectivity index (χ4v) is 1.96. The van der Waals surface area contributed by atoms with Crippen molar-refractivity contribution in [1.29, 1.82) is 0 Å². The highest BCUT2D eigenvalue weighted by Crippen LogP contribution is 2.34. The third kappa shape index (κ3) is 3.18. The Labute approximate surface area is 120 Å². The summed E-state index contributed by atoms with van der Waals surface area (Å²) in [6.07, 6.45) is 0. The number of nitrogens with two attached hydrogens (primary N) is 1. The van der Waals surface area contributed by atoms with Gasteiger partial charge in [0, 0.05) is 6.04 Å². The number of hydrogen-bond acceptors (Lipinski definition) is 2. The van der Waals surface area contributed by atoms with E-state index in [1.807, 2.05) is 6.92 Å². The largest absolute Gasteiger partial charge is 0.453 e. The van der Waals surface area contributed by atoms with Crippen molar-refractivity contribution in [3.63, 3.8) is 0 Å². The van der Waals surface area contributed by atoms with Crippen LogP contribution in [0.5, 0.6) is 11.5 Å². The minimum atomic E-state index is -0.614. The Morgan fingerprint density at radius 1 is 1.11 bits per heavy atom. The van der Waals surface area contributed by atoms with Crippen LogP contribution in [-0.4, -0.2) is 0 Å². The van der Waals surface area contributed by atoms with E-state index in [1.165, 1.54) is 12.1 Å². The van der Waals surface area contributed by atoms with Gasteiger partial charge in [0.15, 0.2) is 11.6 Å². The van der Waals surface area contributed by atoms with Crippen LogP contribution in [0.1, 0.15) is 18.5 Å². The summed E-state index contributed by atoms with van der Waals surface area (Å²) in [5, 5.41) is 0.370. The van der Waals surface area contributed by atoms with Crippen molar-refractivity contribution >= 4 is 23.2 Å². The lowest BCUT2D eigenvalue weighted by atomic mass is 10.1. The Kier molecular flexibility index (Phi) is 4.30. The summed E-state index contributed by atoms with van der Waals surface area (Å²) in [6.45, 7) is 1.85. The zero-order valence-electron chi connectivity index (χ0n) is 10.2. The van der Waals surface area contributed by atoms with Gasteiger partial charge < -0.3 is 10.5 Å². The first kappa shape index (κ1) is 14.1. The summed E-state index contributed by atoms with van der Waals surface area (Å²) in [4.78, 5) is 0. The maximum Gasteiger partial charge on any atom is 0.184 e. The first-order valence-electron chi connectivity index (χ1n) is 5.66. The first-order valence-corrected chi connectivity index (χ1v) is 6.41. The van der Waals surface area contributed by atoms with Gasteiger partial charge in [-0.1, -0.05) is 35.3 Å². The molecule has 0 bridgehead atoms. The van der Waals surface area contributed by atoms with Gasteiger partial charge in [0.25, 0.3) is 0 Å². The lowest BCUT2D eigenvalue weighted by molar-refractivity contribution is 0.442. The van der Waals surface area contributed by atoms with Crippen LogP contribution in [0.4, 0.5) is 4.39 Å². The Morgan fingerprint density at radius 3 is 2.47 bits per heavy atom. The van der Waals surface area contributed by atoms with Crippen molar-refractivity contribution in [3.05, 3.63) is 57.8 Å². The van der Waals surface area contributed by atoms with E-state index < -0.39 is 5.82 Å². The van der Waals surface area contributed by atoms with Gasteiger partial charge in [0.1, 0.15) is 5.75 Å². The molecule has 0 amide bonds. The molecule has 100 valence electrons. The number of halogens is 3. The average Bonchev–Trinajstić information content (AvgIpc) is 2.37. The van der Waals surface area contributed by atoms with Gasteiger partial charge in [0.2, 0.25) is 0 Å².